The van der Waals surface area contributed by atoms with E-state index in [1.807, 2.05) is 0 Å². The Kier molecular flexibility index (Phi) is 5.34. The zero-order chi connectivity index (χ0) is 8.48. The number of hydrogen-bond donors (Lipinski definition) is 0. The molecule has 1 aromatic heterocycles. The Labute approximate surface area is 117 Å². The summed E-state index contributed by atoms with van der Waals surface area (Å²) in [6, 6.07) is 0. The molecule has 0 spiro atoms. The van der Waals surface area contributed by atoms with E-state index in [0.29, 0.717) is 0 Å². The van der Waals surface area contributed by atoms with Gasteiger partial charge in [-0.1, -0.05) is 11.6 Å². The maximum Gasteiger partial charge on any atom is 1.00 e. The minimum absolute atomic E-state index is 0. The van der Waals surface area contributed by atoms with Crippen molar-refractivity contribution in [3.8, 4) is 0 Å². The quantitative estimate of drug-likeness (QED) is 0.294. The van der Waals surface area contributed by atoms with Crippen molar-refractivity contribution in [1.82, 2.24) is 9.97 Å². The standard InChI is InChI=1S/C4H3ClN2O3S.K/c5-4-3(11(8,9)10)1-6-2-7-4;/h1-2H,(H,8,9,10);/q;+1/p-1. The Morgan fingerprint density at radius 3 is 2.42 bits per heavy atom. The molecule has 0 aliphatic rings. The molecule has 60 valence electrons. The first kappa shape index (κ1) is 12.9. The SMILES string of the molecule is O=S(=O)([O-])c1cncnc1Cl.[K+]. The molecule has 0 aliphatic carbocycles. The van der Waals surface area contributed by atoms with Crippen LogP contribution in [0.2, 0.25) is 5.15 Å². The van der Waals surface area contributed by atoms with Crippen LogP contribution in [0.3, 0.4) is 0 Å². The fourth-order valence-corrected chi connectivity index (χ4v) is 1.29. The van der Waals surface area contributed by atoms with Crippen molar-refractivity contribution in [1.29, 1.82) is 0 Å². The molecular formula is C4H2ClKN2O3S. The maximum atomic E-state index is 10.3. The molecule has 0 saturated carbocycles. The summed E-state index contributed by atoms with van der Waals surface area (Å²) in [7, 11) is -4.54. The third-order valence-electron chi connectivity index (χ3n) is 0.902. The molecule has 0 radical (unpaired) electrons. The molecule has 8 heteroatoms. The Balaban J connectivity index is 0.00000121. The van der Waals surface area contributed by atoms with Gasteiger partial charge in [0.2, 0.25) is 0 Å². The number of hydrogen-bond acceptors (Lipinski definition) is 5. The molecule has 0 atom stereocenters. The first-order valence-corrected chi connectivity index (χ1v) is 4.22. The van der Waals surface area contributed by atoms with Crippen LogP contribution < -0.4 is 51.4 Å². The van der Waals surface area contributed by atoms with E-state index in [4.69, 9.17) is 11.6 Å². The van der Waals surface area contributed by atoms with E-state index < -0.39 is 15.0 Å². The number of rotatable bonds is 1. The van der Waals surface area contributed by atoms with Crippen LogP contribution in [-0.2, 0) is 10.1 Å². The van der Waals surface area contributed by atoms with E-state index in [0.717, 1.165) is 12.5 Å². The zero-order valence-electron chi connectivity index (χ0n) is 6.06. The molecule has 0 amide bonds. The summed E-state index contributed by atoms with van der Waals surface area (Å²) in [5.74, 6) is 0. The first-order chi connectivity index (χ1) is 5.02. The summed E-state index contributed by atoms with van der Waals surface area (Å²) >= 11 is 5.28. The van der Waals surface area contributed by atoms with Crippen molar-refractivity contribution in [2.24, 2.45) is 0 Å². The second-order valence-electron chi connectivity index (χ2n) is 1.63. The molecule has 12 heavy (non-hydrogen) atoms. The molecule has 1 heterocycles. The van der Waals surface area contributed by atoms with Crippen molar-refractivity contribution in [3.63, 3.8) is 0 Å². The zero-order valence-corrected chi connectivity index (χ0v) is 10.8. The van der Waals surface area contributed by atoms with E-state index in [-0.39, 0.29) is 56.5 Å². The van der Waals surface area contributed by atoms with Gasteiger partial charge in [-0.3, -0.25) is 0 Å². The second kappa shape index (κ2) is 4.96. The van der Waals surface area contributed by atoms with E-state index in [2.05, 4.69) is 9.97 Å². The molecular weight excluding hydrogens is 231 g/mol. The van der Waals surface area contributed by atoms with E-state index in [9.17, 15) is 13.0 Å². The predicted molar refractivity (Wildman–Crippen MR) is 35.0 cm³/mol. The van der Waals surface area contributed by atoms with Gasteiger partial charge in [-0.15, -0.1) is 0 Å². The summed E-state index contributed by atoms with van der Waals surface area (Å²) < 4.78 is 31.0. The van der Waals surface area contributed by atoms with E-state index in [1.54, 1.807) is 0 Å². The number of nitrogens with zero attached hydrogens (tertiary/aromatic N) is 2. The van der Waals surface area contributed by atoms with Crippen molar-refractivity contribution in [2.45, 2.75) is 4.90 Å². The predicted octanol–water partition coefficient (Wildman–Crippen LogP) is -2.96. The van der Waals surface area contributed by atoms with Crippen LogP contribution in [-0.4, -0.2) is 22.9 Å². The van der Waals surface area contributed by atoms with Gasteiger partial charge in [-0.25, -0.2) is 18.4 Å². The van der Waals surface area contributed by atoms with Gasteiger partial charge >= 0.3 is 51.4 Å². The molecule has 0 bridgehead atoms. The normalized spacial score (nSPS) is 10.5. The second-order valence-corrected chi connectivity index (χ2v) is 3.34. The number of halogens is 1. The van der Waals surface area contributed by atoms with Crippen molar-refractivity contribution >= 4 is 21.7 Å². The average Bonchev–Trinajstić information content (AvgIpc) is 1.86. The minimum Gasteiger partial charge on any atom is -0.744 e. The summed E-state index contributed by atoms with van der Waals surface area (Å²) in [4.78, 5) is 6.06. The monoisotopic (exact) mass is 232 g/mol. The van der Waals surface area contributed by atoms with Crippen LogP contribution in [0.5, 0.6) is 0 Å². The van der Waals surface area contributed by atoms with Crippen LogP contribution in [0.1, 0.15) is 0 Å². The Morgan fingerprint density at radius 1 is 1.50 bits per heavy atom. The van der Waals surface area contributed by atoms with Gasteiger partial charge in [0.1, 0.15) is 26.5 Å². The van der Waals surface area contributed by atoms with Crippen molar-refractivity contribution < 1.29 is 64.4 Å². The average molecular weight is 233 g/mol. The first-order valence-electron chi connectivity index (χ1n) is 2.43. The fourth-order valence-electron chi connectivity index (χ4n) is 0.470. The number of aromatic nitrogens is 2. The van der Waals surface area contributed by atoms with Gasteiger partial charge in [0.25, 0.3) is 0 Å². The molecule has 1 rings (SSSR count). The van der Waals surface area contributed by atoms with Crippen molar-refractivity contribution in [2.75, 3.05) is 0 Å². The fraction of sp³-hybridized carbons (Fsp3) is 0. The van der Waals surface area contributed by atoms with E-state index in [1.165, 1.54) is 0 Å². The van der Waals surface area contributed by atoms with Gasteiger partial charge in [-0.2, -0.15) is 0 Å². The molecule has 0 aliphatic heterocycles. The third kappa shape index (κ3) is 3.34. The maximum absolute atomic E-state index is 10.3. The Hall–Kier alpha value is 0.916. The smallest absolute Gasteiger partial charge is 0.744 e. The molecule has 0 saturated heterocycles. The molecule has 0 N–H and O–H groups in total. The molecule has 0 unspecified atom stereocenters. The summed E-state index contributed by atoms with van der Waals surface area (Å²) in [5, 5.41) is -0.352. The van der Waals surface area contributed by atoms with Crippen molar-refractivity contribution in [3.05, 3.63) is 17.7 Å². The summed E-state index contributed by atoms with van der Waals surface area (Å²) in [6.07, 6.45) is 1.91. The molecule has 0 fully saturated rings. The van der Waals surface area contributed by atoms with Gasteiger partial charge in [-0.05, 0) is 0 Å². The molecule has 0 aromatic carbocycles. The largest absolute Gasteiger partial charge is 1.00 e. The van der Waals surface area contributed by atoms with Crippen LogP contribution in [0.25, 0.3) is 0 Å². The van der Waals surface area contributed by atoms with Crippen LogP contribution >= 0.6 is 11.6 Å². The van der Waals surface area contributed by atoms with Gasteiger partial charge in [0, 0.05) is 6.20 Å². The van der Waals surface area contributed by atoms with Crippen LogP contribution in [0, 0.1) is 0 Å². The topological polar surface area (TPSA) is 83.0 Å². The Bertz CT molecular complexity index is 368. The summed E-state index contributed by atoms with van der Waals surface area (Å²) in [6.45, 7) is 0. The van der Waals surface area contributed by atoms with Crippen LogP contribution in [0.15, 0.2) is 17.4 Å². The van der Waals surface area contributed by atoms with Gasteiger partial charge in [0.05, 0.1) is 0 Å². The molecule has 5 nitrogen and oxygen atoms in total. The van der Waals surface area contributed by atoms with E-state index >= 15 is 0 Å². The minimum atomic E-state index is -4.54. The van der Waals surface area contributed by atoms with Gasteiger partial charge in [0.15, 0.2) is 0 Å². The Morgan fingerprint density at radius 2 is 2.08 bits per heavy atom. The molecule has 1 aromatic rings. The van der Waals surface area contributed by atoms with Gasteiger partial charge < -0.3 is 4.55 Å². The third-order valence-corrected chi connectivity index (χ3v) is 2.15. The summed E-state index contributed by atoms with van der Waals surface area (Å²) in [5.41, 5.74) is 0. The van der Waals surface area contributed by atoms with Crippen LogP contribution in [0.4, 0.5) is 0 Å².